The van der Waals surface area contributed by atoms with Crippen LogP contribution < -0.4 is 0 Å². The first-order valence-corrected chi connectivity index (χ1v) is 23.3. The topological polar surface area (TPSA) is 132 Å². The van der Waals surface area contributed by atoms with Crippen molar-refractivity contribution in [2.24, 2.45) is 0 Å². The third-order valence-corrected chi connectivity index (χ3v) is 9.88. The molecule has 55 heavy (non-hydrogen) atoms. The number of aliphatic hydroxyl groups is 2. The third-order valence-electron chi connectivity index (χ3n) is 8.93. The molecule has 0 aliphatic heterocycles. The fourth-order valence-corrected chi connectivity index (χ4v) is 6.34. The maximum absolute atomic E-state index is 12.6. The number of rotatable bonds is 41. The monoisotopic (exact) mass is 797 g/mol. The number of aliphatic hydroxyl groups excluding tert-OH is 2. The molecule has 0 bridgehead atoms. The van der Waals surface area contributed by atoms with Crippen LogP contribution in [0.3, 0.4) is 0 Å². The van der Waals surface area contributed by atoms with Gasteiger partial charge >= 0.3 is 13.8 Å². The maximum Gasteiger partial charge on any atom is 0.472 e. The molecule has 0 saturated heterocycles. The van der Waals surface area contributed by atoms with Crippen LogP contribution in [0.2, 0.25) is 0 Å². The summed E-state index contributed by atoms with van der Waals surface area (Å²) in [5.74, 6) is -0.402. The summed E-state index contributed by atoms with van der Waals surface area (Å²) < 4.78 is 33.3. The quantitative estimate of drug-likeness (QED) is 0.0239. The van der Waals surface area contributed by atoms with Crippen molar-refractivity contribution in [3.05, 3.63) is 60.8 Å². The predicted octanol–water partition coefficient (Wildman–Crippen LogP) is 12.0. The van der Waals surface area contributed by atoms with Gasteiger partial charge in [-0.2, -0.15) is 0 Å². The average Bonchev–Trinajstić information content (AvgIpc) is 3.18. The Morgan fingerprint density at radius 2 is 1.00 bits per heavy atom. The molecule has 3 unspecified atom stereocenters. The fourth-order valence-electron chi connectivity index (χ4n) is 5.55. The van der Waals surface area contributed by atoms with E-state index < -0.39 is 39.2 Å². The molecule has 0 spiro atoms. The molecular weight excluding hydrogens is 715 g/mol. The van der Waals surface area contributed by atoms with Crippen molar-refractivity contribution in [1.82, 2.24) is 0 Å². The van der Waals surface area contributed by atoms with Crippen molar-refractivity contribution in [3.63, 3.8) is 0 Å². The smallest absolute Gasteiger partial charge is 0.457 e. The second-order valence-electron chi connectivity index (χ2n) is 14.4. The molecular formula is C45H81O9P. The molecule has 0 rings (SSSR count). The second-order valence-corrected chi connectivity index (χ2v) is 15.8. The van der Waals surface area contributed by atoms with Gasteiger partial charge in [0.1, 0.15) is 12.2 Å². The van der Waals surface area contributed by atoms with E-state index in [0.717, 1.165) is 83.5 Å². The van der Waals surface area contributed by atoms with Gasteiger partial charge in [-0.15, -0.1) is 0 Å². The van der Waals surface area contributed by atoms with Crippen LogP contribution in [0.5, 0.6) is 0 Å². The van der Waals surface area contributed by atoms with E-state index in [-0.39, 0.29) is 19.6 Å². The van der Waals surface area contributed by atoms with Crippen LogP contribution in [0.4, 0.5) is 0 Å². The van der Waals surface area contributed by atoms with Gasteiger partial charge in [-0.05, 0) is 77.0 Å². The number of unbranched alkanes of at least 4 members (excludes halogenated alkanes) is 17. The lowest BCUT2D eigenvalue weighted by Crippen LogP contribution is -2.29. The zero-order valence-corrected chi connectivity index (χ0v) is 35.8. The van der Waals surface area contributed by atoms with Gasteiger partial charge in [0.05, 0.1) is 26.4 Å². The van der Waals surface area contributed by atoms with E-state index in [1.54, 1.807) is 0 Å². The van der Waals surface area contributed by atoms with Crippen LogP contribution in [0, 0.1) is 0 Å². The normalized spacial score (nSPS) is 14.6. The zero-order valence-electron chi connectivity index (χ0n) is 34.9. The predicted molar refractivity (Wildman–Crippen MR) is 228 cm³/mol. The molecule has 0 saturated carbocycles. The number of ether oxygens (including phenoxy) is 2. The van der Waals surface area contributed by atoms with Crippen LogP contribution in [-0.4, -0.2) is 66.3 Å². The fraction of sp³-hybridized carbons (Fsp3) is 0.756. The lowest BCUT2D eigenvalue weighted by Gasteiger charge is -2.20. The summed E-state index contributed by atoms with van der Waals surface area (Å²) in [5, 5.41) is 18.3. The molecule has 10 heteroatoms. The molecule has 0 amide bonds. The lowest BCUT2D eigenvalue weighted by atomic mass is 10.1. The molecule has 0 radical (unpaired) electrons. The summed E-state index contributed by atoms with van der Waals surface area (Å²) in [7, 11) is -4.53. The van der Waals surface area contributed by atoms with Crippen LogP contribution in [0.25, 0.3) is 0 Å². The number of hydrogen-bond donors (Lipinski definition) is 3. The van der Waals surface area contributed by atoms with Gasteiger partial charge in [-0.3, -0.25) is 13.8 Å². The molecule has 9 nitrogen and oxygen atoms in total. The second kappa shape index (κ2) is 41.8. The van der Waals surface area contributed by atoms with Crippen molar-refractivity contribution < 1.29 is 43.0 Å². The highest BCUT2D eigenvalue weighted by Crippen LogP contribution is 2.43. The van der Waals surface area contributed by atoms with Crippen LogP contribution >= 0.6 is 7.82 Å². The van der Waals surface area contributed by atoms with Gasteiger partial charge in [0, 0.05) is 13.0 Å². The van der Waals surface area contributed by atoms with Gasteiger partial charge in [-0.25, -0.2) is 4.57 Å². The Balaban J connectivity index is 4.20. The first-order valence-electron chi connectivity index (χ1n) is 21.8. The van der Waals surface area contributed by atoms with Crippen molar-refractivity contribution in [1.29, 1.82) is 0 Å². The highest BCUT2D eigenvalue weighted by Gasteiger charge is 2.26. The van der Waals surface area contributed by atoms with Crippen molar-refractivity contribution in [2.45, 2.75) is 187 Å². The van der Waals surface area contributed by atoms with E-state index >= 15 is 0 Å². The number of esters is 1. The van der Waals surface area contributed by atoms with E-state index in [4.69, 9.17) is 23.6 Å². The minimum Gasteiger partial charge on any atom is -0.457 e. The third kappa shape index (κ3) is 41.6. The van der Waals surface area contributed by atoms with Crippen LogP contribution in [0.15, 0.2) is 60.8 Å². The minimum atomic E-state index is -4.53. The van der Waals surface area contributed by atoms with E-state index in [1.807, 2.05) is 0 Å². The van der Waals surface area contributed by atoms with Gasteiger partial charge in [0.15, 0.2) is 0 Å². The van der Waals surface area contributed by atoms with E-state index in [9.17, 15) is 19.4 Å². The zero-order chi connectivity index (χ0) is 40.3. The molecule has 0 aromatic carbocycles. The summed E-state index contributed by atoms with van der Waals surface area (Å²) in [5.41, 5.74) is 0. The van der Waals surface area contributed by atoms with Crippen LogP contribution in [0.1, 0.15) is 174 Å². The van der Waals surface area contributed by atoms with Crippen molar-refractivity contribution in [2.75, 3.05) is 33.0 Å². The molecule has 0 aliphatic rings. The number of allylic oxidation sites excluding steroid dienone is 10. The number of phosphoric ester groups is 1. The molecule has 0 aromatic heterocycles. The van der Waals surface area contributed by atoms with E-state index in [1.165, 1.54) is 64.2 Å². The summed E-state index contributed by atoms with van der Waals surface area (Å²) in [6.45, 7) is 3.40. The van der Waals surface area contributed by atoms with Gasteiger partial charge in [0.25, 0.3) is 0 Å². The first-order chi connectivity index (χ1) is 26.8. The summed E-state index contributed by atoms with van der Waals surface area (Å²) in [6, 6.07) is 0. The molecule has 3 N–H and O–H groups in total. The summed E-state index contributed by atoms with van der Waals surface area (Å²) in [6.07, 6.45) is 47.4. The largest absolute Gasteiger partial charge is 0.472 e. The highest BCUT2D eigenvalue weighted by atomic mass is 31.2. The average molecular weight is 797 g/mol. The molecule has 0 fully saturated rings. The Labute approximate surface area is 336 Å². The van der Waals surface area contributed by atoms with Crippen molar-refractivity contribution in [3.8, 4) is 0 Å². The molecule has 3 atom stereocenters. The number of phosphoric acid groups is 1. The first kappa shape index (κ1) is 53.2. The van der Waals surface area contributed by atoms with E-state index in [2.05, 4.69) is 74.6 Å². The Kier molecular flexibility index (Phi) is 40.4. The minimum absolute atomic E-state index is 0.0343. The summed E-state index contributed by atoms with van der Waals surface area (Å²) in [4.78, 5) is 22.6. The molecule has 0 aromatic rings. The lowest BCUT2D eigenvalue weighted by molar-refractivity contribution is -0.154. The number of carbonyl (C=O) groups excluding carboxylic acids is 1. The Morgan fingerprint density at radius 1 is 0.564 bits per heavy atom. The molecule has 320 valence electrons. The Bertz CT molecular complexity index is 1040. The van der Waals surface area contributed by atoms with Gasteiger partial charge < -0.3 is 24.6 Å². The maximum atomic E-state index is 12.6. The Hall–Kier alpha value is -1.84. The standard InChI is InChI=1S/C45H81O9P/c1-3-5-7-9-11-13-15-17-19-20-21-22-23-24-26-28-30-32-34-36-38-51-41-44(42-53-55(49,50)52-40-43(47)39-46)54-45(48)37-35-33-31-29-27-25-18-16-14-12-10-8-6-4-2/h10-13,16-19,21-22,43-44,46-47H,3-9,14-15,20,23-42H2,1-2H3,(H,49,50)/b12-10-,13-11-,18-16-,19-17-,22-21-. The van der Waals surface area contributed by atoms with Gasteiger partial charge in [-0.1, -0.05) is 152 Å². The molecule has 0 heterocycles. The van der Waals surface area contributed by atoms with Crippen LogP contribution in [-0.2, 0) is 27.9 Å². The Morgan fingerprint density at radius 3 is 1.53 bits per heavy atom. The summed E-state index contributed by atoms with van der Waals surface area (Å²) >= 11 is 0. The van der Waals surface area contributed by atoms with E-state index in [0.29, 0.717) is 13.0 Å². The SMILES string of the molecule is CCCC/C=C\C/C=C\CCCCCCCC(=O)OC(COCCCCCCCCC/C=C\C/C=C\C/C=C\CCCCC)COP(=O)(O)OCC(O)CO. The number of hydrogen-bond acceptors (Lipinski definition) is 8. The highest BCUT2D eigenvalue weighted by molar-refractivity contribution is 7.47. The van der Waals surface area contributed by atoms with Gasteiger partial charge in [0.2, 0.25) is 0 Å². The van der Waals surface area contributed by atoms with Crippen molar-refractivity contribution >= 4 is 13.8 Å². The molecule has 0 aliphatic carbocycles. The number of carbonyl (C=O) groups is 1.